The van der Waals surface area contributed by atoms with Crippen molar-refractivity contribution in [3.05, 3.63) is 60.0 Å². The first-order valence-corrected chi connectivity index (χ1v) is 11.7. The number of hydrogen-bond acceptors (Lipinski definition) is 5. The maximum atomic E-state index is 12.4. The lowest BCUT2D eigenvalue weighted by Gasteiger charge is -2.15. The minimum Gasteiger partial charge on any atom is -0.490 e. The number of carbonyl (C=O) groups excluding carboxylic acids is 1. The van der Waals surface area contributed by atoms with E-state index in [0.717, 1.165) is 14.7 Å². The molecule has 0 atom stereocenters. The van der Waals surface area contributed by atoms with Crippen LogP contribution in [0.5, 0.6) is 11.5 Å². The van der Waals surface area contributed by atoms with Gasteiger partial charge >= 0.3 is 0 Å². The Hall–Kier alpha value is -1.42. The first-order chi connectivity index (χ1) is 14.3. The maximum absolute atomic E-state index is 12.4. The highest BCUT2D eigenvalue weighted by Crippen LogP contribution is 2.38. The lowest BCUT2D eigenvalue weighted by molar-refractivity contribution is -0.121. The van der Waals surface area contributed by atoms with Gasteiger partial charge in [-0.2, -0.15) is 0 Å². The standard InChI is InChI=1S/C21H19Cl2IN2O3S/c1-4-28-17-8-12(9-18-20(27)26(3)21(25-2)30-18)7-16(24)19(17)29-11-13-5-6-14(22)10-15(13)23/h5-10H,4,11H2,1-3H3/b18-9+,25-21?. The van der Waals surface area contributed by atoms with Crippen molar-refractivity contribution in [2.45, 2.75) is 13.5 Å². The van der Waals surface area contributed by atoms with Crippen LogP contribution in [0, 0.1) is 3.57 Å². The molecule has 0 bridgehead atoms. The molecule has 2 aromatic rings. The minimum atomic E-state index is -0.0775. The van der Waals surface area contributed by atoms with Crippen molar-refractivity contribution in [1.29, 1.82) is 0 Å². The van der Waals surface area contributed by atoms with Crippen molar-refractivity contribution in [3.63, 3.8) is 0 Å². The van der Waals surface area contributed by atoms with Crippen LogP contribution in [0.2, 0.25) is 10.0 Å². The fraction of sp³-hybridized carbons (Fsp3) is 0.238. The molecule has 0 radical (unpaired) electrons. The topological polar surface area (TPSA) is 51.1 Å². The van der Waals surface area contributed by atoms with Crippen molar-refractivity contribution < 1.29 is 14.3 Å². The zero-order valence-electron chi connectivity index (χ0n) is 16.5. The second-order valence-corrected chi connectivity index (χ2v) is 9.28. The molecule has 0 saturated carbocycles. The lowest BCUT2D eigenvalue weighted by Crippen LogP contribution is -2.23. The molecule has 0 spiro atoms. The van der Waals surface area contributed by atoms with Crippen LogP contribution in [0.4, 0.5) is 0 Å². The minimum absolute atomic E-state index is 0.0775. The summed E-state index contributed by atoms with van der Waals surface area (Å²) in [7, 11) is 3.39. The van der Waals surface area contributed by atoms with Crippen LogP contribution in [-0.2, 0) is 11.4 Å². The number of ether oxygens (including phenoxy) is 2. The number of halogens is 3. The van der Waals surface area contributed by atoms with E-state index in [9.17, 15) is 4.79 Å². The van der Waals surface area contributed by atoms with Crippen molar-refractivity contribution in [2.75, 3.05) is 20.7 Å². The predicted molar refractivity (Wildman–Crippen MR) is 133 cm³/mol. The number of nitrogens with zero attached hydrogens (tertiary/aromatic N) is 2. The zero-order chi connectivity index (χ0) is 21.8. The average Bonchev–Trinajstić information content (AvgIpc) is 2.96. The Morgan fingerprint density at radius 3 is 2.63 bits per heavy atom. The Kier molecular flexibility index (Phi) is 7.95. The highest BCUT2D eigenvalue weighted by atomic mass is 127. The summed E-state index contributed by atoms with van der Waals surface area (Å²) in [6.07, 6.45) is 1.84. The van der Waals surface area contributed by atoms with Crippen LogP contribution >= 0.6 is 57.6 Å². The summed E-state index contributed by atoms with van der Waals surface area (Å²) in [4.78, 5) is 18.7. The zero-order valence-corrected chi connectivity index (χ0v) is 21.0. The smallest absolute Gasteiger partial charge is 0.266 e. The van der Waals surface area contributed by atoms with Gasteiger partial charge in [0.25, 0.3) is 5.91 Å². The SMILES string of the molecule is CCOc1cc(/C=C2/SC(=NC)N(C)C2=O)cc(I)c1OCc1ccc(Cl)cc1Cl. The molecule has 1 saturated heterocycles. The predicted octanol–water partition coefficient (Wildman–Crippen LogP) is 6.11. The monoisotopic (exact) mass is 576 g/mol. The van der Waals surface area contributed by atoms with Crippen LogP contribution in [0.3, 0.4) is 0 Å². The maximum Gasteiger partial charge on any atom is 0.266 e. The van der Waals surface area contributed by atoms with E-state index in [1.165, 1.54) is 16.7 Å². The molecule has 0 aromatic heterocycles. The number of hydrogen-bond donors (Lipinski definition) is 0. The van der Waals surface area contributed by atoms with Gasteiger partial charge < -0.3 is 9.47 Å². The Morgan fingerprint density at radius 1 is 1.23 bits per heavy atom. The number of aliphatic imine (C=N–C) groups is 1. The first kappa shape index (κ1) is 23.2. The van der Waals surface area contributed by atoms with Gasteiger partial charge in [-0.15, -0.1) is 0 Å². The number of thioether (sulfide) groups is 1. The van der Waals surface area contributed by atoms with E-state index in [4.69, 9.17) is 32.7 Å². The van der Waals surface area contributed by atoms with Gasteiger partial charge in [0.2, 0.25) is 0 Å². The third-order valence-corrected chi connectivity index (χ3v) is 6.75. The summed E-state index contributed by atoms with van der Waals surface area (Å²) in [5, 5.41) is 1.80. The van der Waals surface area contributed by atoms with Crippen molar-refractivity contribution in [3.8, 4) is 11.5 Å². The Labute approximate surface area is 203 Å². The molecular formula is C21H19Cl2IN2O3S. The number of amidine groups is 1. The summed E-state index contributed by atoms with van der Waals surface area (Å²) in [5.41, 5.74) is 1.68. The molecule has 30 heavy (non-hydrogen) atoms. The molecule has 0 aliphatic carbocycles. The van der Waals surface area contributed by atoms with E-state index in [1.807, 2.05) is 31.2 Å². The first-order valence-electron chi connectivity index (χ1n) is 9.01. The van der Waals surface area contributed by atoms with Gasteiger partial charge in [0.1, 0.15) is 6.61 Å². The number of amides is 1. The van der Waals surface area contributed by atoms with E-state index in [0.29, 0.717) is 38.2 Å². The molecule has 1 amide bonds. The summed E-state index contributed by atoms with van der Waals surface area (Å²) >= 11 is 15.8. The lowest BCUT2D eigenvalue weighted by atomic mass is 10.1. The van der Waals surface area contributed by atoms with Crippen LogP contribution in [0.15, 0.2) is 40.2 Å². The van der Waals surface area contributed by atoms with Gasteiger partial charge in [0.05, 0.1) is 15.1 Å². The van der Waals surface area contributed by atoms with Gasteiger partial charge in [-0.05, 0) is 77.2 Å². The fourth-order valence-electron chi connectivity index (χ4n) is 2.76. The largest absolute Gasteiger partial charge is 0.490 e. The van der Waals surface area contributed by atoms with Crippen molar-refractivity contribution in [1.82, 2.24) is 4.90 Å². The Balaban J connectivity index is 1.89. The van der Waals surface area contributed by atoms with Crippen LogP contribution in [0.1, 0.15) is 18.1 Å². The van der Waals surface area contributed by atoms with Crippen molar-refractivity contribution >= 4 is 74.7 Å². The van der Waals surface area contributed by atoms with E-state index in [2.05, 4.69) is 27.6 Å². The molecule has 1 aliphatic rings. The molecule has 0 unspecified atom stereocenters. The van der Waals surface area contributed by atoms with Crippen LogP contribution < -0.4 is 9.47 Å². The van der Waals surface area contributed by atoms with Gasteiger partial charge in [0.15, 0.2) is 16.7 Å². The highest BCUT2D eigenvalue weighted by molar-refractivity contribution is 14.1. The summed E-state index contributed by atoms with van der Waals surface area (Å²) in [6, 6.07) is 9.11. The van der Waals surface area contributed by atoms with Crippen LogP contribution in [0.25, 0.3) is 6.08 Å². The highest BCUT2D eigenvalue weighted by Gasteiger charge is 2.29. The second-order valence-electron chi connectivity index (χ2n) is 6.27. The molecule has 9 heteroatoms. The Morgan fingerprint density at radius 2 is 2.00 bits per heavy atom. The normalized spacial score (nSPS) is 16.6. The average molecular weight is 577 g/mol. The summed E-state index contributed by atoms with van der Waals surface area (Å²) in [6.45, 7) is 2.67. The summed E-state index contributed by atoms with van der Waals surface area (Å²) in [5.74, 6) is 1.16. The molecule has 158 valence electrons. The van der Waals surface area contributed by atoms with Gasteiger partial charge in [-0.25, -0.2) is 0 Å². The van der Waals surface area contributed by atoms with E-state index in [1.54, 1.807) is 26.2 Å². The van der Waals surface area contributed by atoms with E-state index >= 15 is 0 Å². The van der Waals surface area contributed by atoms with E-state index < -0.39 is 0 Å². The quantitative estimate of drug-likeness (QED) is 0.308. The number of likely N-dealkylation sites (N-methyl/N-ethyl adjacent to an activating group) is 1. The molecule has 2 aromatic carbocycles. The van der Waals surface area contributed by atoms with Crippen molar-refractivity contribution in [2.24, 2.45) is 4.99 Å². The molecular weight excluding hydrogens is 558 g/mol. The van der Waals surface area contributed by atoms with Gasteiger partial charge in [-0.1, -0.05) is 29.3 Å². The molecule has 1 aliphatic heterocycles. The molecule has 1 fully saturated rings. The fourth-order valence-corrected chi connectivity index (χ4v) is 4.93. The van der Waals surface area contributed by atoms with Gasteiger partial charge in [0, 0.05) is 29.7 Å². The number of rotatable bonds is 6. The molecule has 3 rings (SSSR count). The third-order valence-electron chi connectivity index (χ3n) is 4.21. The summed E-state index contributed by atoms with van der Waals surface area (Å²) < 4.78 is 12.7. The second kappa shape index (κ2) is 10.3. The third kappa shape index (κ3) is 5.25. The molecule has 5 nitrogen and oxygen atoms in total. The van der Waals surface area contributed by atoms with Gasteiger partial charge in [-0.3, -0.25) is 14.7 Å². The number of benzene rings is 2. The van der Waals surface area contributed by atoms with E-state index in [-0.39, 0.29) is 12.5 Å². The number of carbonyl (C=O) groups is 1. The van der Waals surface area contributed by atoms with Crippen LogP contribution in [-0.4, -0.2) is 36.7 Å². The molecule has 1 heterocycles. The molecule has 0 N–H and O–H groups in total. The Bertz CT molecular complexity index is 1040.